The molecule has 0 amide bonds. The number of rotatable bonds is 3. The van der Waals surface area contributed by atoms with Crippen LogP contribution in [0.5, 0.6) is 0 Å². The first-order chi connectivity index (χ1) is 10.9. The van der Waals surface area contributed by atoms with Crippen LogP contribution in [-0.4, -0.2) is 19.7 Å². The molecule has 0 fully saturated rings. The molecule has 0 aliphatic heterocycles. The zero-order valence-electron chi connectivity index (χ0n) is 13.6. The normalized spacial score (nSPS) is 10.8. The molecule has 6 heteroatoms. The molecule has 0 radical (unpaired) electrons. The summed E-state index contributed by atoms with van der Waals surface area (Å²) in [7, 11) is 0. The summed E-state index contributed by atoms with van der Waals surface area (Å²) in [6, 6.07) is 9.58. The summed E-state index contributed by atoms with van der Waals surface area (Å²) in [4.78, 5) is 20.9. The third-order valence-electron chi connectivity index (χ3n) is 3.74. The summed E-state index contributed by atoms with van der Waals surface area (Å²) in [5.74, 6) is 1.02. The van der Waals surface area contributed by atoms with Gasteiger partial charge in [-0.2, -0.15) is 9.67 Å². The Balaban J connectivity index is 2.05. The summed E-state index contributed by atoms with van der Waals surface area (Å²) < 4.78 is 1.35. The molecule has 6 nitrogen and oxygen atoms in total. The Bertz CT molecular complexity index is 906. The first-order valence-electron chi connectivity index (χ1n) is 7.42. The third-order valence-corrected chi connectivity index (χ3v) is 3.74. The molecule has 2 heterocycles. The van der Waals surface area contributed by atoms with Crippen molar-refractivity contribution < 1.29 is 0 Å². The van der Waals surface area contributed by atoms with Gasteiger partial charge in [0.25, 0.3) is 11.5 Å². The summed E-state index contributed by atoms with van der Waals surface area (Å²) in [6.07, 6.45) is 0. The second-order valence-electron chi connectivity index (χ2n) is 5.69. The Kier molecular flexibility index (Phi) is 3.73. The summed E-state index contributed by atoms with van der Waals surface area (Å²) in [5.41, 5.74) is 4.50. The Morgan fingerprint density at radius 3 is 2.35 bits per heavy atom. The largest absolute Gasteiger partial charge is 0.340 e. The minimum absolute atomic E-state index is 0.174. The predicted octanol–water partition coefficient (Wildman–Crippen LogP) is 2.93. The fourth-order valence-electron chi connectivity index (χ4n) is 2.27. The maximum Gasteiger partial charge on any atom is 0.274 e. The lowest BCUT2D eigenvalue weighted by Gasteiger charge is -2.12. The van der Waals surface area contributed by atoms with Crippen molar-refractivity contribution in [1.29, 1.82) is 0 Å². The summed E-state index contributed by atoms with van der Waals surface area (Å²) in [5, 5.41) is 6.25. The number of nitrogens with zero attached hydrogens (tertiary/aromatic N) is 3. The number of H-pyrrole nitrogens is 1. The Morgan fingerprint density at radius 2 is 1.74 bits per heavy atom. The average molecular weight is 309 g/mol. The lowest BCUT2D eigenvalue weighted by Crippen LogP contribution is -2.18. The number of hydrogen-bond acceptors (Lipinski definition) is 4. The molecule has 0 atom stereocenters. The van der Waals surface area contributed by atoms with E-state index < -0.39 is 0 Å². The highest BCUT2D eigenvalue weighted by atomic mass is 16.1. The molecule has 2 N–H and O–H groups in total. The van der Waals surface area contributed by atoms with E-state index in [0.717, 1.165) is 22.6 Å². The van der Waals surface area contributed by atoms with Gasteiger partial charge in [-0.1, -0.05) is 17.7 Å². The van der Waals surface area contributed by atoms with Crippen molar-refractivity contribution in [2.45, 2.75) is 27.7 Å². The van der Waals surface area contributed by atoms with Crippen LogP contribution in [0.3, 0.4) is 0 Å². The van der Waals surface area contributed by atoms with E-state index in [4.69, 9.17) is 0 Å². The molecule has 0 spiro atoms. The smallest absolute Gasteiger partial charge is 0.274 e. The zero-order valence-corrected chi connectivity index (χ0v) is 13.6. The van der Waals surface area contributed by atoms with Gasteiger partial charge in [-0.3, -0.25) is 9.89 Å². The van der Waals surface area contributed by atoms with Gasteiger partial charge in [-0.05, 0) is 39.8 Å². The molecule has 118 valence electrons. The van der Waals surface area contributed by atoms with Crippen LogP contribution < -0.4 is 10.9 Å². The van der Waals surface area contributed by atoms with Crippen molar-refractivity contribution in [3.05, 3.63) is 63.2 Å². The highest BCUT2D eigenvalue weighted by molar-refractivity contribution is 5.60. The molecule has 3 aromatic rings. The fraction of sp³-hybridized carbons (Fsp3) is 0.235. The van der Waals surface area contributed by atoms with E-state index in [1.165, 1.54) is 16.3 Å². The summed E-state index contributed by atoms with van der Waals surface area (Å²) >= 11 is 0. The number of hydrogen-bond donors (Lipinski definition) is 2. The first-order valence-corrected chi connectivity index (χ1v) is 7.42. The fourth-order valence-corrected chi connectivity index (χ4v) is 2.27. The second kappa shape index (κ2) is 5.72. The Morgan fingerprint density at radius 1 is 1.04 bits per heavy atom. The molecule has 0 unspecified atom stereocenters. The molecule has 0 saturated carbocycles. The van der Waals surface area contributed by atoms with Crippen molar-refractivity contribution in [2.24, 2.45) is 0 Å². The van der Waals surface area contributed by atoms with Crippen molar-refractivity contribution in [3.63, 3.8) is 0 Å². The maximum atomic E-state index is 12.0. The first kappa shape index (κ1) is 15.0. The molecule has 23 heavy (non-hydrogen) atoms. The Hall–Kier alpha value is -2.89. The number of aromatic nitrogens is 4. The molecule has 0 bridgehead atoms. The minimum Gasteiger partial charge on any atom is -0.340 e. The van der Waals surface area contributed by atoms with Gasteiger partial charge in [0.15, 0.2) is 0 Å². The van der Waals surface area contributed by atoms with E-state index >= 15 is 0 Å². The van der Waals surface area contributed by atoms with Crippen LogP contribution in [0.2, 0.25) is 0 Å². The summed E-state index contributed by atoms with van der Waals surface area (Å²) in [6.45, 7) is 7.73. The van der Waals surface area contributed by atoms with Gasteiger partial charge >= 0.3 is 0 Å². The second-order valence-corrected chi connectivity index (χ2v) is 5.69. The van der Waals surface area contributed by atoms with E-state index in [1.807, 2.05) is 52.0 Å². The standard InChI is InChI=1S/C17H19N5O/c1-10-5-7-14(8-6-10)19-16-12(3)13(4)18-17(20-16)22-15(23)9-11(2)21-22/h5-9,21H,1-4H3,(H,18,19,20). The van der Waals surface area contributed by atoms with Gasteiger partial charge in [-0.15, -0.1) is 0 Å². The molecular formula is C17H19N5O. The van der Waals surface area contributed by atoms with Crippen LogP contribution in [0, 0.1) is 27.7 Å². The lowest BCUT2D eigenvalue weighted by molar-refractivity contribution is 0.768. The molecule has 2 aromatic heterocycles. The van der Waals surface area contributed by atoms with Crippen molar-refractivity contribution in [2.75, 3.05) is 5.32 Å². The predicted molar refractivity (Wildman–Crippen MR) is 90.7 cm³/mol. The quantitative estimate of drug-likeness (QED) is 0.780. The van der Waals surface area contributed by atoms with Crippen molar-refractivity contribution >= 4 is 11.5 Å². The Labute approximate surface area is 134 Å². The van der Waals surface area contributed by atoms with Gasteiger partial charge in [0, 0.05) is 28.7 Å². The van der Waals surface area contributed by atoms with Crippen molar-refractivity contribution in [3.8, 4) is 5.95 Å². The molecular weight excluding hydrogens is 290 g/mol. The number of aryl methyl sites for hydroxylation is 3. The van der Waals surface area contributed by atoms with Gasteiger partial charge in [0.2, 0.25) is 0 Å². The van der Waals surface area contributed by atoms with Crippen LogP contribution in [0.15, 0.2) is 35.1 Å². The van der Waals surface area contributed by atoms with E-state index in [9.17, 15) is 4.79 Å². The van der Waals surface area contributed by atoms with E-state index in [-0.39, 0.29) is 5.56 Å². The zero-order chi connectivity index (χ0) is 16.6. The number of benzene rings is 1. The van der Waals surface area contributed by atoms with Crippen molar-refractivity contribution in [1.82, 2.24) is 19.7 Å². The van der Waals surface area contributed by atoms with Crippen LogP contribution in [0.4, 0.5) is 11.5 Å². The number of nitrogens with one attached hydrogen (secondary N) is 2. The maximum absolute atomic E-state index is 12.0. The number of aromatic amines is 1. The third kappa shape index (κ3) is 3.01. The van der Waals surface area contributed by atoms with Crippen LogP contribution in [-0.2, 0) is 0 Å². The van der Waals surface area contributed by atoms with Gasteiger partial charge < -0.3 is 5.32 Å². The topological polar surface area (TPSA) is 75.6 Å². The van der Waals surface area contributed by atoms with E-state index in [0.29, 0.717) is 11.8 Å². The van der Waals surface area contributed by atoms with Crippen LogP contribution >= 0.6 is 0 Å². The van der Waals surface area contributed by atoms with Gasteiger partial charge in [-0.25, -0.2) is 4.98 Å². The van der Waals surface area contributed by atoms with Crippen LogP contribution in [0.1, 0.15) is 22.5 Å². The molecule has 0 aliphatic carbocycles. The highest BCUT2D eigenvalue weighted by Gasteiger charge is 2.12. The minimum atomic E-state index is -0.174. The van der Waals surface area contributed by atoms with Gasteiger partial charge in [0.1, 0.15) is 5.82 Å². The SMILES string of the molecule is Cc1ccc(Nc2nc(-n3[nH]c(C)cc3=O)nc(C)c2C)cc1. The number of anilines is 2. The van der Waals surface area contributed by atoms with E-state index in [1.54, 1.807) is 0 Å². The van der Waals surface area contributed by atoms with Gasteiger partial charge in [0.05, 0.1) is 0 Å². The molecule has 0 saturated heterocycles. The van der Waals surface area contributed by atoms with Crippen LogP contribution in [0.25, 0.3) is 5.95 Å². The molecule has 3 rings (SSSR count). The monoisotopic (exact) mass is 309 g/mol. The lowest BCUT2D eigenvalue weighted by atomic mass is 10.2. The molecule has 0 aliphatic rings. The molecule has 1 aromatic carbocycles. The van der Waals surface area contributed by atoms with E-state index in [2.05, 4.69) is 20.4 Å². The highest BCUT2D eigenvalue weighted by Crippen LogP contribution is 2.21. The average Bonchev–Trinajstić information content (AvgIpc) is 2.84.